The van der Waals surface area contributed by atoms with Gasteiger partial charge in [-0.05, 0) is 13.8 Å². The molecule has 0 bridgehead atoms. The van der Waals surface area contributed by atoms with Gasteiger partial charge in [-0.15, -0.1) is 0 Å². The molecule has 0 aliphatic rings. The fourth-order valence-corrected chi connectivity index (χ4v) is 1.13. The zero-order valence-electron chi connectivity index (χ0n) is 10.6. The molecule has 0 fully saturated rings. The topological polar surface area (TPSA) is 57.4 Å². The fraction of sp³-hybridized carbons (Fsp3) is 0.818. The van der Waals surface area contributed by atoms with E-state index in [0.717, 1.165) is 0 Å². The number of hydrogen-bond acceptors (Lipinski definition) is 5. The van der Waals surface area contributed by atoms with Gasteiger partial charge in [0.25, 0.3) is 5.89 Å². The fourth-order valence-electron chi connectivity index (χ4n) is 1.13. The molecule has 1 aromatic rings. The minimum absolute atomic E-state index is 0.134. The van der Waals surface area contributed by atoms with Crippen LogP contribution in [-0.2, 0) is 14.9 Å². The minimum Gasteiger partial charge on any atom is -0.345 e. The molecule has 0 spiro atoms. The molecule has 0 saturated carbocycles. The summed E-state index contributed by atoms with van der Waals surface area (Å²) in [5.41, 5.74) is -0.134. The van der Waals surface area contributed by atoms with Crippen LogP contribution in [0.2, 0.25) is 0 Å². The van der Waals surface area contributed by atoms with Crippen molar-refractivity contribution in [2.45, 2.75) is 46.3 Å². The number of ether oxygens (including phenoxy) is 2. The van der Waals surface area contributed by atoms with Crippen LogP contribution >= 0.6 is 0 Å². The molecular formula is C11H20N2O3. The summed E-state index contributed by atoms with van der Waals surface area (Å²) < 4.78 is 15.9. The highest BCUT2D eigenvalue weighted by Crippen LogP contribution is 2.22. The molecular weight excluding hydrogens is 208 g/mol. The van der Waals surface area contributed by atoms with Crippen LogP contribution in [0.4, 0.5) is 0 Å². The van der Waals surface area contributed by atoms with Gasteiger partial charge in [-0.1, -0.05) is 25.9 Å². The van der Waals surface area contributed by atoms with Crippen LogP contribution in [0.1, 0.15) is 52.6 Å². The zero-order chi connectivity index (χ0) is 12.2. The summed E-state index contributed by atoms with van der Waals surface area (Å²) in [4.78, 5) is 4.29. The molecule has 0 radical (unpaired) electrons. The molecule has 0 aliphatic heterocycles. The molecule has 0 atom stereocenters. The molecule has 0 N–H and O–H groups in total. The highest BCUT2D eigenvalue weighted by molar-refractivity contribution is 5.00. The lowest BCUT2D eigenvalue weighted by molar-refractivity contribution is -0.155. The zero-order valence-corrected chi connectivity index (χ0v) is 10.6. The van der Waals surface area contributed by atoms with E-state index in [-0.39, 0.29) is 5.41 Å². The smallest absolute Gasteiger partial charge is 0.283 e. The predicted octanol–water partition coefficient (Wildman–Crippen LogP) is 2.44. The lowest BCUT2D eigenvalue weighted by Crippen LogP contribution is -2.14. The Morgan fingerprint density at radius 2 is 1.75 bits per heavy atom. The first-order valence-electron chi connectivity index (χ1n) is 5.56. The van der Waals surface area contributed by atoms with Crippen LogP contribution in [0.25, 0.3) is 0 Å². The van der Waals surface area contributed by atoms with Gasteiger partial charge in [0.1, 0.15) is 0 Å². The van der Waals surface area contributed by atoms with Crippen molar-refractivity contribution in [2.75, 3.05) is 13.2 Å². The van der Waals surface area contributed by atoms with Gasteiger partial charge in [-0.3, -0.25) is 0 Å². The number of hydrogen-bond donors (Lipinski definition) is 0. The van der Waals surface area contributed by atoms with Gasteiger partial charge >= 0.3 is 0 Å². The summed E-state index contributed by atoms with van der Waals surface area (Å²) in [5.74, 6) is 1.04. The van der Waals surface area contributed by atoms with Crippen molar-refractivity contribution in [1.82, 2.24) is 10.1 Å². The first kappa shape index (κ1) is 13.1. The molecule has 5 heteroatoms. The van der Waals surface area contributed by atoms with Gasteiger partial charge in [0.2, 0.25) is 6.29 Å². The molecule has 1 heterocycles. The monoisotopic (exact) mass is 228 g/mol. The molecule has 0 aromatic carbocycles. The summed E-state index contributed by atoms with van der Waals surface area (Å²) in [7, 11) is 0. The summed E-state index contributed by atoms with van der Waals surface area (Å²) in [6.07, 6.45) is -0.557. The molecule has 5 nitrogen and oxygen atoms in total. The Balaban J connectivity index is 2.81. The third kappa shape index (κ3) is 3.28. The van der Waals surface area contributed by atoms with Crippen molar-refractivity contribution in [1.29, 1.82) is 0 Å². The predicted molar refractivity (Wildman–Crippen MR) is 59.0 cm³/mol. The van der Waals surface area contributed by atoms with Crippen molar-refractivity contribution >= 4 is 0 Å². The Morgan fingerprint density at radius 1 is 1.19 bits per heavy atom. The highest BCUT2D eigenvalue weighted by Gasteiger charge is 2.25. The van der Waals surface area contributed by atoms with E-state index in [1.807, 2.05) is 34.6 Å². The van der Waals surface area contributed by atoms with Crippen LogP contribution in [0, 0.1) is 0 Å². The Labute approximate surface area is 96.1 Å². The molecule has 92 valence electrons. The average Bonchev–Trinajstić information content (AvgIpc) is 2.65. The standard InChI is InChI=1S/C11H20N2O3/c1-6-14-9(15-7-2)8-12-10(13-16-8)11(3,4)5/h9H,6-7H2,1-5H3. The SMILES string of the molecule is CCOC(OCC)c1nc(C(C)(C)C)no1. The Bertz CT molecular complexity index is 311. The molecule has 16 heavy (non-hydrogen) atoms. The molecule has 0 unspecified atom stereocenters. The van der Waals surface area contributed by atoms with Crippen molar-refractivity contribution < 1.29 is 14.0 Å². The Morgan fingerprint density at radius 3 is 2.12 bits per heavy atom. The average molecular weight is 228 g/mol. The van der Waals surface area contributed by atoms with Gasteiger partial charge < -0.3 is 14.0 Å². The molecule has 0 saturated heterocycles. The largest absolute Gasteiger partial charge is 0.345 e. The van der Waals surface area contributed by atoms with Crippen molar-refractivity contribution in [3.63, 3.8) is 0 Å². The van der Waals surface area contributed by atoms with E-state index in [0.29, 0.717) is 24.9 Å². The van der Waals surface area contributed by atoms with E-state index < -0.39 is 6.29 Å². The van der Waals surface area contributed by atoms with Crippen molar-refractivity contribution in [3.05, 3.63) is 11.7 Å². The van der Waals surface area contributed by atoms with Crippen LogP contribution in [0.3, 0.4) is 0 Å². The summed E-state index contributed by atoms with van der Waals surface area (Å²) >= 11 is 0. The third-order valence-electron chi connectivity index (χ3n) is 1.95. The Kier molecular flexibility index (Phi) is 4.44. The van der Waals surface area contributed by atoms with E-state index in [9.17, 15) is 0 Å². The van der Waals surface area contributed by atoms with Crippen LogP contribution < -0.4 is 0 Å². The minimum atomic E-state index is -0.557. The van der Waals surface area contributed by atoms with Crippen LogP contribution in [0.5, 0.6) is 0 Å². The Hall–Kier alpha value is -0.940. The van der Waals surface area contributed by atoms with Crippen LogP contribution in [0.15, 0.2) is 4.52 Å². The number of rotatable bonds is 5. The second kappa shape index (κ2) is 5.41. The quantitative estimate of drug-likeness (QED) is 0.724. The molecule has 1 aromatic heterocycles. The normalized spacial score (nSPS) is 12.4. The highest BCUT2D eigenvalue weighted by atomic mass is 16.7. The second-order valence-electron chi connectivity index (χ2n) is 4.45. The van der Waals surface area contributed by atoms with Gasteiger partial charge in [0.15, 0.2) is 5.82 Å². The number of aromatic nitrogens is 2. The summed E-state index contributed by atoms with van der Waals surface area (Å²) in [6, 6.07) is 0. The van der Waals surface area contributed by atoms with Crippen molar-refractivity contribution in [3.8, 4) is 0 Å². The van der Waals surface area contributed by atoms with E-state index in [1.165, 1.54) is 0 Å². The van der Waals surface area contributed by atoms with E-state index in [2.05, 4.69) is 10.1 Å². The number of nitrogens with zero attached hydrogens (tertiary/aromatic N) is 2. The van der Waals surface area contributed by atoms with E-state index >= 15 is 0 Å². The van der Waals surface area contributed by atoms with Crippen molar-refractivity contribution in [2.24, 2.45) is 0 Å². The van der Waals surface area contributed by atoms with E-state index in [1.54, 1.807) is 0 Å². The first-order valence-corrected chi connectivity index (χ1v) is 5.56. The molecule has 0 amide bonds. The maximum atomic E-state index is 5.38. The maximum Gasteiger partial charge on any atom is 0.283 e. The maximum absolute atomic E-state index is 5.38. The first-order chi connectivity index (χ1) is 7.49. The van der Waals surface area contributed by atoms with Crippen LogP contribution in [-0.4, -0.2) is 23.4 Å². The third-order valence-corrected chi connectivity index (χ3v) is 1.95. The lowest BCUT2D eigenvalue weighted by Gasteiger charge is -2.13. The summed E-state index contributed by atoms with van der Waals surface area (Å²) in [6.45, 7) is 10.9. The van der Waals surface area contributed by atoms with Gasteiger partial charge in [0, 0.05) is 18.6 Å². The lowest BCUT2D eigenvalue weighted by atomic mass is 9.96. The second-order valence-corrected chi connectivity index (χ2v) is 4.45. The molecule has 0 aliphatic carbocycles. The van der Waals surface area contributed by atoms with E-state index in [4.69, 9.17) is 14.0 Å². The van der Waals surface area contributed by atoms with Gasteiger partial charge in [-0.2, -0.15) is 4.98 Å². The van der Waals surface area contributed by atoms with Gasteiger partial charge in [0.05, 0.1) is 0 Å². The molecule has 1 rings (SSSR count). The summed E-state index contributed by atoms with van der Waals surface area (Å²) in [5, 5.41) is 3.93. The van der Waals surface area contributed by atoms with Gasteiger partial charge in [-0.25, -0.2) is 0 Å².